The Bertz CT molecular complexity index is 1250. The molecule has 10 heteroatoms. The van der Waals surface area contributed by atoms with Crippen molar-refractivity contribution < 1.29 is 43.0 Å². The molecule has 1 aromatic carbocycles. The molecule has 0 aromatic heterocycles. The van der Waals surface area contributed by atoms with Gasteiger partial charge in [0.1, 0.15) is 17.5 Å². The van der Waals surface area contributed by atoms with Gasteiger partial charge < -0.3 is 19.1 Å². The van der Waals surface area contributed by atoms with Crippen LogP contribution in [0.5, 0.6) is 0 Å². The second kappa shape index (κ2) is 14.0. The molecule has 5 atom stereocenters. The van der Waals surface area contributed by atoms with Crippen molar-refractivity contribution >= 4 is 35.4 Å². The number of carbonyl (C=O) groups is 6. The first-order chi connectivity index (χ1) is 20.8. The van der Waals surface area contributed by atoms with Crippen LogP contribution in [0, 0.1) is 17.3 Å². The summed E-state index contributed by atoms with van der Waals surface area (Å²) in [7, 11) is 0. The van der Waals surface area contributed by atoms with E-state index in [4.69, 9.17) is 14.2 Å². The lowest BCUT2D eigenvalue weighted by Gasteiger charge is -2.29. The Morgan fingerprint density at radius 1 is 1.02 bits per heavy atom. The van der Waals surface area contributed by atoms with Gasteiger partial charge in [0.05, 0.1) is 36.6 Å². The zero-order valence-corrected chi connectivity index (χ0v) is 26.3. The van der Waals surface area contributed by atoms with Gasteiger partial charge in [0.2, 0.25) is 5.91 Å². The Morgan fingerprint density at radius 2 is 1.75 bits per heavy atom. The molecule has 4 rings (SSSR count). The van der Waals surface area contributed by atoms with Gasteiger partial charge in [-0.05, 0) is 65.0 Å². The van der Waals surface area contributed by atoms with Crippen LogP contribution in [0.25, 0.3) is 0 Å². The number of esters is 3. The molecule has 1 aromatic rings. The third-order valence-corrected chi connectivity index (χ3v) is 8.77. The maximum Gasteiger partial charge on any atom is 0.338 e. The molecule has 2 aliphatic heterocycles. The van der Waals surface area contributed by atoms with Gasteiger partial charge in [-0.25, -0.2) is 4.79 Å². The van der Waals surface area contributed by atoms with E-state index in [1.807, 2.05) is 0 Å². The quantitative estimate of drug-likeness (QED) is 0.334. The summed E-state index contributed by atoms with van der Waals surface area (Å²) in [4.78, 5) is 81.3. The van der Waals surface area contributed by atoms with Crippen molar-refractivity contribution in [3.8, 4) is 0 Å². The predicted molar refractivity (Wildman–Crippen MR) is 159 cm³/mol. The molecule has 3 fully saturated rings. The molecule has 10 nitrogen and oxygen atoms in total. The molecule has 0 spiro atoms. The number of ketones is 2. The van der Waals surface area contributed by atoms with Crippen molar-refractivity contribution in [3.63, 3.8) is 0 Å². The van der Waals surface area contributed by atoms with E-state index < -0.39 is 47.0 Å². The van der Waals surface area contributed by atoms with Crippen LogP contribution < -0.4 is 0 Å². The van der Waals surface area contributed by atoms with E-state index in [0.29, 0.717) is 44.1 Å². The van der Waals surface area contributed by atoms with Crippen molar-refractivity contribution in [1.82, 2.24) is 4.90 Å². The van der Waals surface area contributed by atoms with Gasteiger partial charge in [-0.15, -0.1) is 0 Å². The summed E-state index contributed by atoms with van der Waals surface area (Å²) in [5.41, 5.74) is -1.48. The predicted octanol–water partition coefficient (Wildman–Crippen LogP) is 4.61. The summed E-state index contributed by atoms with van der Waals surface area (Å²) in [5.74, 6) is -3.30. The van der Waals surface area contributed by atoms with Crippen LogP contribution in [0.2, 0.25) is 0 Å². The minimum Gasteiger partial charge on any atom is -0.466 e. The Hall–Kier alpha value is -3.56. The van der Waals surface area contributed by atoms with E-state index in [1.54, 1.807) is 58.0 Å². The van der Waals surface area contributed by atoms with Crippen LogP contribution in [-0.4, -0.2) is 71.2 Å². The van der Waals surface area contributed by atoms with Gasteiger partial charge in [-0.2, -0.15) is 0 Å². The summed E-state index contributed by atoms with van der Waals surface area (Å²) >= 11 is 0. The summed E-state index contributed by atoms with van der Waals surface area (Å²) in [6, 6.07) is 7.52. The summed E-state index contributed by atoms with van der Waals surface area (Å²) < 4.78 is 16.6. The molecule has 0 bridgehead atoms. The van der Waals surface area contributed by atoms with E-state index in [9.17, 15) is 28.8 Å². The second-order valence-electron chi connectivity index (χ2n) is 13.4. The number of hydrogen-bond donors (Lipinski definition) is 0. The van der Waals surface area contributed by atoms with Crippen LogP contribution in [-0.2, 0) is 38.2 Å². The third kappa shape index (κ3) is 8.33. The van der Waals surface area contributed by atoms with Crippen LogP contribution in [0.15, 0.2) is 30.3 Å². The molecule has 2 saturated heterocycles. The highest BCUT2D eigenvalue weighted by molar-refractivity contribution is 5.96. The third-order valence-electron chi connectivity index (χ3n) is 8.77. The zero-order chi connectivity index (χ0) is 32.1. The monoisotopic (exact) mass is 611 g/mol. The fraction of sp³-hybridized carbons (Fsp3) is 0.647. The van der Waals surface area contributed by atoms with Crippen LogP contribution in [0.4, 0.5) is 0 Å². The number of Topliss-reactive ketones (excluding diaryl/α,β-unsaturated/α-hetero) is 2. The van der Waals surface area contributed by atoms with Gasteiger partial charge in [-0.3, -0.25) is 24.0 Å². The minimum absolute atomic E-state index is 0.00699. The normalized spacial score (nSPS) is 28.2. The van der Waals surface area contributed by atoms with E-state index >= 15 is 0 Å². The second-order valence-corrected chi connectivity index (χ2v) is 13.4. The maximum atomic E-state index is 14.2. The van der Waals surface area contributed by atoms with Crippen molar-refractivity contribution in [2.45, 2.75) is 110 Å². The Labute approximate surface area is 259 Å². The Balaban J connectivity index is 1.63. The number of fused-ring (bicyclic) bond motifs is 2. The Morgan fingerprint density at radius 3 is 2.43 bits per heavy atom. The van der Waals surface area contributed by atoms with E-state index in [1.165, 1.54) is 4.90 Å². The fourth-order valence-corrected chi connectivity index (χ4v) is 6.51. The highest BCUT2D eigenvalue weighted by atomic mass is 16.6. The first-order valence-electron chi connectivity index (χ1n) is 15.8. The maximum absolute atomic E-state index is 14.2. The molecule has 0 radical (unpaired) electrons. The average molecular weight is 612 g/mol. The molecular weight excluding hydrogens is 566 g/mol. The number of hydrogen-bond acceptors (Lipinski definition) is 9. The van der Waals surface area contributed by atoms with Crippen molar-refractivity contribution in [1.29, 1.82) is 0 Å². The number of carbonyl (C=O) groups excluding carboxylic acids is 6. The highest BCUT2D eigenvalue weighted by Crippen LogP contribution is 2.58. The Kier molecular flexibility index (Phi) is 10.6. The lowest BCUT2D eigenvalue weighted by atomic mass is 9.90. The molecule has 240 valence electrons. The lowest BCUT2D eigenvalue weighted by molar-refractivity contribution is -0.159. The standard InChI is InChI=1S/C34H45NO9/c1-5-42-32(41)34-19-24(34)17-25(36)15-11-7-10-14-23(16-29(38)44-33(2,3)4)30(39)35-21-26(18-27(35)28(37)20-34)43-31(40)22-12-8-6-9-13-22/h6,8-9,12-13,23-24,26-27H,5,7,10-11,14-21H2,1-4H3/t23-,24-,26+,27+,34-/m1/s1. The molecule has 3 aliphatic rings. The molecule has 1 amide bonds. The smallest absolute Gasteiger partial charge is 0.338 e. The first-order valence-corrected chi connectivity index (χ1v) is 15.8. The molecule has 0 unspecified atom stereocenters. The van der Waals surface area contributed by atoms with Gasteiger partial charge in [0.25, 0.3) is 0 Å². The minimum atomic E-state index is -1.10. The van der Waals surface area contributed by atoms with E-state index in [0.717, 1.165) is 0 Å². The van der Waals surface area contributed by atoms with Crippen molar-refractivity contribution in [2.75, 3.05) is 13.2 Å². The van der Waals surface area contributed by atoms with Crippen molar-refractivity contribution in [3.05, 3.63) is 35.9 Å². The highest BCUT2D eigenvalue weighted by Gasteiger charge is 2.63. The molecule has 0 N–H and O–H groups in total. The SMILES string of the molecule is CCOC(=O)[C@]12CC(=O)[C@@H]3C[C@H](OC(=O)c4ccccc4)CN3C(=O)[C@@H](CC(=O)OC(C)(C)C)CCCCCC(=O)C[C@@H]1C2. The van der Waals surface area contributed by atoms with Crippen molar-refractivity contribution in [2.24, 2.45) is 17.3 Å². The fourth-order valence-electron chi connectivity index (χ4n) is 6.51. The largest absolute Gasteiger partial charge is 0.466 e. The number of ether oxygens (including phenoxy) is 3. The average Bonchev–Trinajstić information content (AvgIpc) is 3.46. The van der Waals surface area contributed by atoms with Gasteiger partial charge in [0.15, 0.2) is 5.78 Å². The topological polar surface area (TPSA) is 133 Å². The van der Waals surface area contributed by atoms with Gasteiger partial charge in [-0.1, -0.05) is 31.0 Å². The van der Waals surface area contributed by atoms with Crippen LogP contribution >= 0.6 is 0 Å². The molecule has 1 saturated carbocycles. The van der Waals surface area contributed by atoms with E-state index in [2.05, 4.69) is 0 Å². The van der Waals surface area contributed by atoms with E-state index in [-0.39, 0.29) is 62.2 Å². The van der Waals surface area contributed by atoms with Crippen LogP contribution in [0.1, 0.15) is 102 Å². The summed E-state index contributed by atoms with van der Waals surface area (Å²) in [5, 5.41) is 0. The molecule has 44 heavy (non-hydrogen) atoms. The summed E-state index contributed by atoms with van der Waals surface area (Å²) in [6.45, 7) is 7.10. The number of benzene rings is 1. The van der Waals surface area contributed by atoms with Gasteiger partial charge >= 0.3 is 17.9 Å². The molecular formula is C34H45NO9. The van der Waals surface area contributed by atoms with Crippen LogP contribution in [0.3, 0.4) is 0 Å². The molecule has 2 heterocycles. The first kappa shape index (κ1) is 33.3. The number of nitrogens with zero attached hydrogens (tertiary/aromatic N) is 1. The number of amides is 1. The van der Waals surface area contributed by atoms with Gasteiger partial charge in [0, 0.05) is 31.6 Å². The molecule has 1 aliphatic carbocycles. The summed E-state index contributed by atoms with van der Waals surface area (Å²) in [6.07, 6.45) is 2.25. The number of rotatable bonds is 6. The lowest BCUT2D eigenvalue weighted by Crippen LogP contribution is -2.45. The zero-order valence-electron chi connectivity index (χ0n) is 26.3.